The topological polar surface area (TPSA) is 12.5 Å². The molecule has 0 saturated carbocycles. The van der Waals surface area contributed by atoms with Crippen LogP contribution in [0.3, 0.4) is 0 Å². The van der Waals surface area contributed by atoms with Crippen LogP contribution in [0.1, 0.15) is 42.0 Å². The molecule has 1 saturated heterocycles. The third-order valence-electron chi connectivity index (χ3n) is 4.75. The Hall–Kier alpha value is -0.820. The lowest BCUT2D eigenvalue weighted by Gasteiger charge is -2.46. The highest BCUT2D eigenvalue weighted by atomic mass is 32.1. The number of nitrogens with zero attached hydrogens (tertiary/aromatic N) is 1. The number of hydrogen-bond acceptors (Lipinski definition) is 3. The second-order valence-corrected chi connectivity index (χ2v) is 7.19. The molecule has 0 N–H and O–H groups in total. The molecule has 0 aliphatic carbocycles. The molecule has 1 aromatic heterocycles. The average Bonchev–Trinajstić information content (AvgIpc) is 2.87. The highest BCUT2D eigenvalue weighted by Gasteiger charge is 2.44. The first-order chi connectivity index (χ1) is 9.68. The van der Waals surface area contributed by atoms with E-state index in [2.05, 4.69) is 30.7 Å². The van der Waals surface area contributed by atoms with E-state index in [4.69, 9.17) is 11.2 Å². The van der Waals surface area contributed by atoms with E-state index < -0.39 is 0 Å². The molecule has 0 radical (unpaired) electrons. The third kappa shape index (κ3) is 2.30. The zero-order valence-corrected chi connectivity index (χ0v) is 13.3. The van der Waals surface area contributed by atoms with Crippen molar-refractivity contribution in [3.8, 4) is 12.3 Å². The summed E-state index contributed by atoms with van der Waals surface area (Å²) in [7, 11) is 0. The van der Waals surface area contributed by atoms with Crippen molar-refractivity contribution in [3.05, 3.63) is 21.4 Å². The van der Waals surface area contributed by atoms with Crippen molar-refractivity contribution in [2.75, 3.05) is 19.7 Å². The van der Waals surface area contributed by atoms with E-state index in [9.17, 15) is 0 Å². The Balaban J connectivity index is 1.88. The summed E-state index contributed by atoms with van der Waals surface area (Å²) in [6.45, 7) is 7.19. The van der Waals surface area contributed by atoms with Gasteiger partial charge in [0.2, 0.25) is 0 Å². The molecule has 3 heterocycles. The quantitative estimate of drug-likeness (QED) is 0.775. The summed E-state index contributed by atoms with van der Waals surface area (Å²) in [6, 6.07) is 2.90. The van der Waals surface area contributed by atoms with E-state index in [1.165, 1.54) is 10.4 Å². The Morgan fingerprint density at radius 2 is 2.45 bits per heavy atom. The molecule has 0 amide bonds. The van der Waals surface area contributed by atoms with E-state index in [1.807, 2.05) is 11.3 Å². The van der Waals surface area contributed by atoms with Gasteiger partial charge in [-0.15, -0.1) is 17.8 Å². The summed E-state index contributed by atoms with van der Waals surface area (Å²) >= 11 is 1.99. The molecule has 3 heteroatoms. The van der Waals surface area contributed by atoms with Crippen LogP contribution in [0, 0.1) is 12.3 Å². The highest BCUT2D eigenvalue weighted by Crippen LogP contribution is 2.46. The normalized spacial score (nSPS) is 30.1. The van der Waals surface area contributed by atoms with Crippen molar-refractivity contribution in [2.45, 2.75) is 51.2 Å². The van der Waals surface area contributed by atoms with Crippen LogP contribution in [0.2, 0.25) is 0 Å². The summed E-state index contributed by atoms with van der Waals surface area (Å²) < 4.78 is 6.32. The number of rotatable bonds is 2. The lowest BCUT2D eigenvalue weighted by atomic mass is 9.79. The summed E-state index contributed by atoms with van der Waals surface area (Å²) in [6.07, 6.45) is 9.83. The molecule has 2 nitrogen and oxygen atoms in total. The smallest absolute Gasteiger partial charge is 0.0969 e. The van der Waals surface area contributed by atoms with E-state index in [-0.39, 0.29) is 5.60 Å². The van der Waals surface area contributed by atoms with Crippen LogP contribution >= 0.6 is 11.3 Å². The zero-order chi connectivity index (χ0) is 14.2. The number of piperidine rings is 1. The van der Waals surface area contributed by atoms with Crippen LogP contribution in [-0.4, -0.2) is 30.6 Å². The maximum atomic E-state index is 6.32. The molecule has 108 valence electrons. The van der Waals surface area contributed by atoms with Crippen LogP contribution in [-0.2, 0) is 23.2 Å². The lowest BCUT2D eigenvalue weighted by molar-refractivity contribution is -0.109. The van der Waals surface area contributed by atoms with Crippen LogP contribution in [0.5, 0.6) is 0 Å². The van der Waals surface area contributed by atoms with Gasteiger partial charge in [-0.3, -0.25) is 4.90 Å². The molecule has 1 spiro atoms. The number of hydrogen-bond donors (Lipinski definition) is 0. The van der Waals surface area contributed by atoms with Gasteiger partial charge in [0.25, 0.3) is 0 Å². The van der Waals surface area contributed by atoms with Gasteiger partial charge in [0.1, 0.15) is 0 Å². The van der Waals surface area contributed by atoms with Crippen molar-refractivity contribution >= 4 is 11.3 Å². The molecule has 1 fully saturated rings. The minimum atomic E-state index is -0.0397. The molecule has 0 aromatic carbocycles. The van der Waals surface area contributed by atoms with E-state index in [0.717, 1.165) is 45.4 Å². The van der Waals surface area contributed by atoms with Crippen LogP contribution in [0.25, 0.3) is 0 Å². The summed E-state index contributed by atoms with van der Waals surface area (Å²) in [5, 5.41) is 0. The molecular formula is C17H23NOS. The summed E-state index contributed by atoms with van der Waals surface area (Å²) in [5.41, 5.74) is 1.44. The second-order valence-electron chi connectivity index (χ2n) is 5.97. The minimum absolute atomic E-state index is 0.0397. The number of aryl methyl sites for hydroxylation is 1. The van der Waals surface area contributed by atoms with Crippen LogP contribution in [0.15, 0.2) is 6.07 Å². The van der Waals surface area contributed by atoms with E-state index in [1.54, 1.807) is 4.88 Å². The SMILES string of the molecule is C#CCN1CCC2(C[C@H]1C)OCCc1sc(CC)cc12. The van der Waals surface area contributed by atoms with Gasteiger partial charge >= 0.3 is 0 Å². The van der Waals surface area contributed by atoms with Crippen molar-refractivity contribution in [3.63, 3.8) is 0 Å². The van der Waals surface area contributed by atoms with Gasteiger partial charge in [-0.2, -0.15) is 0 Å². The molecule has 2 aliphatic heterocycles. The fourth-order valence-electron chi connectivity index (χ4n) is 3.63. The third-order valence-corrected chi connectivity index (χ3v) is 6.09. The first-order valence-corrected chi connectivity index (χ1v) is 8.43. The van der Waals surface area contributed by atoms with Gasteiger partial charge in [0, 0.05) is 28.8 Å². The average molecular weight is 289 g/mol. The molecule has 3 rings (SSSR count). The number of ether oxygens (including phenoxy) is 1. The molecule has 1 unspecified atom stereocenters. The van der Waals surface area contributed by atoms with Gasteiger partial charge < -0.3 is 4.74 Å². The molecule has 2 aliphatic rings. The Morgan fingerprint density at radius 3 is 3.15 bits per heavy atom. The van der Waals surface area contributed by atoms with Crippen molar-refractivity contribution < 1.29 is 4.74 Å². The summed E-state index contributed by atoms with van der Waals surface area (Å²) in [5.74, 6) is 2.78. The predicted octanol–water partition coefficient (Wildman–Crippen LogP) is 3.20. The highest BCUT2D eigenvalue weighted by molar-refractivity contribution is 7.12. The largest absolute Gasteiger partial charge is 0.370 e. The van der Waals surface area contributed by atoms with Crippen molar-refractivity contribution in [2.24, 2.45) is 0 Å². The number of terminal acetylenes is 1. The van der Waals surface area contributed by atoms with Gasteiger partial charge in [-0.25, -0.2) is 0 Å². The van der Waals surface area contributed by atoms with Gasteiger partial charge in [0.05, 0.1) is 18.8 Å². The van der Waals surface area contributed by atoms with E-state index >= 15 is 0 Å². The zero-order valence-electron chi connectivity index (χ0n) is 12.4. The Morgan fingerprint density at radius 1 is 1.60 bits per heavy atom. The van der Waals surface area contributed by atoms with Crippen molar-refractivity contribution in [1.29, 1.82) is 0 Å². The fraction of sp³-hybridized carbons (Fsp3) is 0.647. The first kappa shape index (κ1) is 14.1. The Kier molecular flexibility index (Phi) is 3.90. The Bertz CT molecular complexity index is 530. The summed E-state index contributed by atoms with van der Waals surface area (Å²) in [4.78, 5) is 5.46. The molecule has 20 heavy (non-hydrogen) atoms. The maximum Gasteiger partial charge on any atom is 0.0969 e. The maximum absolute atomic E-state index is 6.32. The van der Waals surface area contributed by atoms with Crippen molar-refractivity contribution in [1.82, 2.24) is 4.90 Å². The van der Waals surface area contributed by atoms with Crippen LogP contribution in [0.4, 0.5) is 0 Å². The predicted molar refractivity (Wildman–Crippen MR) is 84.1 cm³/mol. The van der Waals surface area contributed by atoms with Crippen LogP contribution < -0.4 is 0 Å². The standard InChI is InChI=1S/C17H23NOS/c1-4-8-18-9-7-17(12-13(18)3)15-11-14(5-2)20-16(15)6-10-19-17/h1,11,13H,5-10,12H2,2-3H3/t13-,17?/m1/s1. The Labute approximate surface area is 126 Å². The molecule has 2 atom stereocenters. The lowest BCUT2D eigenvalue weighted by Crippen LogP contribution is -2.50. The van der Waals surface area contributed by atoms with Gasteiger partial charge in [-0.05, 0) is 37.8 Å². The van der Waals surface area contributed by atoms with Gasteiger partial charge in [-0.1, -0.05) is 12.8 Å². The number of thiophene rings is 1. The van der Waals surface area contributed by atoms with Gasteiger partial charge in [0.15, 0.2) is 0 Å². The van der Waals surface area contributed by atoms with E-state index in [0.29, 0.717) is 6.04 Å². The molecule has 0 bridgehead atoms. The molecule has 1 aromatic rings. The fourth-order valence-corrected chi connectivity index (χ4v) is 4.81. The monoisotopic (exact) mass is 289 g/mol. The molecular weight excluding hydrogens is 266 g/mol. The first-order valence-electron chi connectivity index (χ1n) is 7.62. The minimum Gasteiger partial charge on any atom is -0.370 e. The number of fused-ring (bicyclic) bond motifs is 2. The second kappa shape index (κ2) is 5.52. The number of likely N-dealkylation sites (tertiary alicyclic amines) is 1.